The van der Waals surface area contributed by atoms with Crippen molar-refractivity contribution in [3.8, 4) is 33.8 Å². The zero-order chi connectivity index (χ0) is 35.4. The second kappa shape index (κ2) is 12.9. The lowest BCUT2D eigenvalue weighted by Gasteiger charge is -2.39. The summed E-state index contributed by atoms with van der Waals surface area (Å²) >= 11 is 0. The molecule has 3 fully saturated rings. The molecule has 3 aromatic heterocycles. The summed E-state index contributed by atoms with van der Waals surface area (Å²) in [6.07, 6.45) is 10.0. The number of imidazole rings is 2. The zero-order valence-electron chi connectivity index (χ0n) is 30.2. The van der Waals surface area contributed by atoms with Crippen LogP contribution in [0.3, 0.4) is 0 Å². The fourth-order valence-electron chi connectivity index (χ4n) is 7.86. The van der Waals surface area contributed by atoms with Crippen LogP contribution in [-0.4, -0.2) is 70.7 Å². The van der Waals surface area contributed by atoms with E-state index in [2.05, 4.69) is 41.2 Å². The number of aromatic amines is 2. The van der Waals surface area contributed by atoms with Crippen molar-refractivity contribution < 1.29 is 19.1 Å². The van der Waals surface area contributed by atoms with Gasteiger partial charge in [0.15, 0.2) is 0 Å². The van der Waals surface area contributed by atoms with Crippen LogP contribution < -0.4 is 0 Å². The van der Waals surface area contributed by atoms with E-state index in [1.54, 1.807) is 0 Å². The Morgan fingerprint density at radius 3 is 1.96 bits per heavy atom. The van der Waals surface area contributed by atoms with Crippen molar-refractivity contribution in [2.75, 3.05) is 6.54 Å². The molecule has 2 amide bonds. The predicted molar refractivity (Wildman–Crippen MR) is 191 cm³/mol. The van der Waals surface area contributed by atoms with Gasteiger partial charge in [-0.1, -0.05) is 31.2 Å². The maximum absolute atomic E-state index is 13.2. The number of benzene rings is 1. The highest BCUT2D eigenvalue weighted by Gasteiger charge is 2.51. The fourth-order valence-corrected chi connectivity index (χ4v) is 7.86. The number of carbonyl (C=O) groups excluding carboxylic acids is 2. The first-order valence-electron chi connectivity index (χ1n) is 17.9. The van der Waals surface area contributed by atoms with Gasteiger partial charge in [0.2, 0.25) is 0 Å². The van der Waals surface area contributed by atoms with E-state index in [-0.39, 0.29) is 36.2 Å². The molecule has 1 saturated carbocycles. The van der Waals surface area contributed by atoms with Crippen LogP contribution in [-0.2, 0) is 9.47 Å². The number of H-pyrrole nitrogens is 2. The number of aromatic nitrogens is 5. The van der Waals surface area contributed by atoms with Crippen LogP contribution in [0.1, 0.15) is 104 Å². The molecule has 11 heteroatoms. The Bertz CT molecular complexity index is 1750. The minimum atomic E-state index is -0.557. The molecule has 50 heavy (non-hydrogen) atoms. The highest BCUT2D eigenvalue weighted by molar-refractivity contribution is 5.71. The Kier molecular flexibility index (Phi) is 8.72. The number of hydrogen-bond donors (Lipinski definition) is 2. The summed E-state index contributed by atoms with van der Waals surface area (Å²) in [7, 11) is 0. The maximum atomic E-state index is 13.2. The van der Waals surface area contributed by atoms with Crippen molar-refractivity contribution in [3.05, 3.63) is 66.6 Å². The summed E-state index contributed by atoms with van der Waals surface area (Å²) in [5, 5.41) is 0. The van der Waals surface area contributed by atoms with Crippen molar-refractivity contribution in [2.24, 2.45) is 11.8 Å². The highest BCUT2D eigenvalue weighted by Crippen LogP contribution is 2.50. The molecule has 1 aromatic carbocycles. The first kappa shape index (κ1) is 33.8. The lowest BCUT2D eigenvalue weighted by molar-refractivity contribution is -0.000307. The number of nitrogens with one attached hydrogen (secondary N) is 2. The second-order valence-corrected chi connectivity index (χ2v) is 16.2. The molecule has 5 heterocycles. The zero-order valence-corrected chi connectivity index (χ0v) is 30.2. The van der Waals surface area contributed by atoms with E-state index in [0.717, 1.165) is 77.5 Å². The van der Waals surface area contributed by atoms with Gasteiger partial charge in [0, 0.05) is 29.9 Å². The minimum Gasteiger partial charge on any atom is -0.444 e. The number of hydrogen-bond acceptors (Lipinski definition) is 7. The maximum Gasteiger partial charge on any atom is 0.411 e. The number of likely N-dealkylation sites (tertiary alicyclic amines) is 2. The van der Waals surface area contributed by atoms with E-state index < -0.39 is 11.2 Å². The molecule has 264 valence electrons. The molecule has 0 radical (unpaired) electrons. The number of rotatable bonds is 5. The van der Waals surface area contributed by atoms with E-state index in [1.165, 1.54) is 0 Å². The molecule has 5 atom stereocenters. The minimum absolute atomic E-state index is 0.107. The van der Waals surface area contributed by atoms with Gasteiger partial charge in [-0.25, -0.2) is 19.6 Å². The number of pyridine rings is 1. The Balaban J connectivity index is 1.04. The molecule has 4 aromatic rings. The van der Waals surface area contributed by atoms with E-state index in [9.17, 15) is 9.59 Å². The third-order valence-corrected chi connectivity index (χ3v) is 10.1. The van der Waals surface area contributed by atoms with Gasteiger partial charge in [-0.05, 0) is 103 Å². The summed E-state index contributed by atoms with van der Waals surface area (Å²) in [5.41, 5.74) is 4.45. The van der Waals surface area contributed by atoms with Gasteiger partial charge >= 0.3 is 12.2 Å². The molecule has 2 N–H and O–H groups in total. The first-order chi connectivity index (χ1) is 23.7. The van der Waals surface area contributed by atoms with Crippen molar-refractivity contribution in [3.63, 3.8) is 0 Å². The lowest BCUT2D eigenvalue weighted by Crippen LogP contribution is -2.45. The van der Waals surface area contributed by atoms with Crippen LogP contribution in [0.4, 0.5) is 9.59 Å². The van der Waals surface area contributed by atoms with E-state index in [0.29, 0.717) is 12.5 Å². The highest BCUT2D eigenvalue weighted by atomic mass is 16.6. The SMILES string of the molecule is C[C@@H]1CCCN(C(=O)OC(C)(C)C)[C@@H]1c1ncc(-c2ccc(-c3ccc(-c4cnc(C5C6CCC(C6)N5C(=O)OC(C)(C)C)[nH]4)cn3)cc2)[nH]1. The van der Waals surface area contributed by atoms with Gasteiger partial charge in [-0.15, -0.1) is 0 Å². The normalized spacial score (nSPS) is 23.7. The smallest absolute Gasteiger partial charge is 0.411 e. The van der Waals surface area contributed by atoms with E-state index >= 15 is 0 Å². The number of ether oxygens (including phenoxy) is 2. The van der Waals surface area contributed by atoms with Crippen LogP contribution in [0.25, 0.3) is 33.8 Å². The largest absolute Gasteiger partial charge is 0.444 e. The topological polar surface area (TPSA) is 129 Å². The molecule has 2 saturated heterocycles. The van der Waals surface area contributed by atoms with Crippen molar-refractivity contribution in [2.45, 2.75) is 110 Å². The van der Waals surface area contributed by atoms with Gasteiger partial charge in [0.25, 0.3) is 0 Å². The van der Waals surface area contributed by atoms with Crippen molar-refractivity contribution in [1.29, 1.82) is 0 Å². The Morgan fingerprint density at radius 1 is 0.720 bits per heavy atom. The quantitative estimate of drug-likeness (QED) is 0.216. The molecule has 1 aliphatic carbocycles. The van der Waals surface area contributed by atoms with Gasteiger partial charge in [0.05, 0.1) is 41.6 Å². The molecule has 7 rings (SSSR count). The van der Waals surface area contributed by atoms with Gasteiger partial charge < -0.3 is 19.4 Å². The summed E-state index contributed by atoms with van der Waals surface area (Å²) < 4.78 is 11.5. The number of piperidine rings is 2. The predicted octanol–water partition coefficient (Wildman–Crippen LogP) is 8.70. The van der Waals surface area contributed by atoms with E-state index in [1.807, 2.05) is 82.1 Å². The molecule has 3 unspecified atom stereocenters. The van der Waals surface area contributed by atoms with Gasteiger partial charge in [-0.2, -0.15) is 0 Å². The van der Waals surface area contributed by atoms with Crippen LogP contribution >= 0.6 is 0 Å². The molecular formula is C39H49N7O4. The monoisotopic (exact) mass is 679 g/mol. The molecule has 2 bridgehead atoms. The number of carbonyl (C=O) groups is 2. The lowest BCUT2D eigenvalue weighted by atomic mass is 9.90. The Morgan fingerprint density at radius 2 is 1.32 bits per heavy atom. The second-order valence-electron chi connectivity index (χ2n) is 16.2. The van der Waals surface area contributed by atoms with Crippen LogP contribution in [0.15, 0.2) is 55.0 Å². The third kappa shape index (κ3) is 6.87. The number of amides is 2. The molecule has 2 aliphatic heterocycles. The third-order valence-electron chi connectivity index (χ3n) is 10.1. The van der Waals surface area contributed by atoms with Crippen LogP contribution in [0, 0.1) is 11.8 Å². The summed E-state index contributed by atoms with van der Waals surface area (Å²) in [4.78, 5) is 51.2. The van der Waals surface area contributed by atoms with Gasteiger partial charge in [-0.3, -0.25) is 14.8 Å². The molecule has 0 spiro atoms. The van der Waals surface area contributed by atoms with Crippen LogP contribution in [0.2, 0.25) is 0 Å². The summed E-state index contributed by atoms with van der Waals surface area (Å²) in [6.45, 7) is 14.2. The van der Waals surface area contributed by atoms with Gasteiger partial charge in [0.1, 0.15) is 22.9 Å². The Hall–Kier alpha value is -4.67. The molecular weight excluding hydrogens is 630 g/mol. The first-order valence-corrected chi connectivity index (χ1v) is 17.9. The number of fused-ring (bicyclic) bond motifs is 2. The molecule has 3 aliphatic rings. The average molecular weight is 680 g/mol. The van der Waals surface area contributed by atoms with E-state index in [4.69, 9.17) is 24.4 Å². The summed E-state index contributed by atoms with van der Waals surface area (Å²) in [5.74, 6) is 2.21. The fraction of sp³-hybridized carbons (Fsp3) is 0.513. The standard InChI is InChI=1S/C39H49N7O4/c1-23-9-8-18-45(36(47)49-38(2,3)4)32(23)34-41-21-30(43-34)25-12-10-24(11-13-25)29-17-15-27(20-40-29)31-22-42-35(44-31)33-26-14-16-28(19-26)46(33)37(48)50-39(5,6)7/h10-13,15,17,20-23,26,28,32-33H,8-9,14,16,18-19H2,1-7H3,(H,41,43)(H,42,44)/t23-,26?,28?,32+,33?/m1/s1. The van der Waals surface area contributed by atoms with Crippen LogP contribution in [0.5, 0.6) is 0 Å². The Labute approximate surface area is 294 Å². The summed E-state index contributed by atoms with van der Waals surface area (Å²) in [6, 6.07) is 12.2. The number of nitrogens with zero attached hydrogens (tertiary/aromatic N) is 5. The molecule has 11 nitrogen and oxygen atoms in total. The average Bonchev–Trinajstić information content (AvgIpc) is 3.88. The van der Waals surface area contributed by atoms with Crippen molar-refractivity contribution in [1.82, 2.24) is 34.7 Å². The van der Waals surface area contributed by atoms with Crippen molar-refractivity contribution >= 4 is 12.2 Å².